The van der Waals surface area contributed by atoms with Crippen LogP contribution in [0.25, 0.3) is 21.5 Å². The van der Waals surface area contributed by atoms with Gasteiger partial charge < -0.3 is 23.8 Å². The number of carbonyl (C=O) groups is 1. The van der Waals surface area contributed by atoms with E-state index in [1.54, 1.807) is 58.9 Å². The van der Waals surface area contributed by atoms with Crippen LogP contribution in [0.1, 0.15) is 21.6 Å². The van der Waals surface area contributed by atoms with Crippen LogP contribution in [0, 0.1) is 0 Å². The fourth-order valence-corrected chi connectivity index (χ4v) is 4.44. The summed E-state index contributed by atoms with van der Waals surface area (Å²) in [4.78, 5) is 23.5. The van der Waals surface area contributed by atoms with E-state index in [0.717, 1.165) is 21.5 Å². The van der Waals surface area contributed by atoms with Gasteiger partial charge in [-0.05, 0) is 58.6 Å². The molecule has 0 aliphatic rings. The second-order valence-corrected chi connectivity index (χ2v) is 8.50. The molecule has 8 nitrogen and oxygen atoms in total. The molecule has 0 fully saturated rings. The van der Waals surface area contributed by atoms with E-state index >= 15 is 0 Å². The maximum atomic E-state index is 13.3. The van der Waals surface area contributed by atoms with Gasteiger partial charge in [-0.15, -0.1) is 0 Å². The van der Waals surface area contributed by atoms with Gasteiger partial charge in [-0.3, -0.25) is 4.98 Å². The normalized spacial score (nSPS) is 11.3. The Morgan fingerprint density at radius 1 is 0.667 bits per heavy atom. The molecule has 5 aromatic rings. The molecule has 0 saturated carbocycles. The molecular weight excluding hydrogens is 496 g/mol. The highest BCUT2D eigenvalue weighted by Gasteiger charge is 2.20. The monoisotopic (exact) mass is 522 g/mol. The van der Waals surface area contributed by atoms with Crippen LogP contribution in [0.5, 0.6) is 23.0 Å². The van der Waals surface area contributed by atoms with Crippen molar-refractivity contribution in [1.82, 2.24) is 4.98 Å². The van der Waals surface area contributed by atoms with E-state index < -0.39 is 5.97 Å². The number of aromatic nitrogens is 1. The molecule has 0 atom stereocenters. The largest absolute Gasteiger partial charge is 0.493 e. The summed E-state index contributed by atoms with van der Waals surface area (Å²) < 4.78 is 21.9. The van der Waals surface area contributed by atoms with Gasteiger partial charge in [0.15, 0.2) is 23.0 Å². The van der Waals surface area contributed by atoms with Crippen LogP contribution in [0.15, 0.2) is 90.2 Å². The molecule has 0 bridgehead atoms. The lowest BCUT2D eigenvalue weighted by Gasteiger charge is -2.14. The number of ether oxygens (including phenoxy) is 4. The lowest BCUT2D eigenvalue weighted by Crippen LogP contribution is -2.11. The summed E-state index contributed by atoms with van der Waals surface area (Å²) >= 11 is 0. The van der Waals surface area contributed by atoms with Gasteiger partial charge in [0.25, 0.3) is 0 Å². The van der Waals surface area contributed by atoms with Crippen molar-refractivity contribution < 1.29 is 28.6 Å². The molecule has 0 N–H and O–H groups in total. The van der Waals surface area contributed by atoms with E-state index in [1.807, 2.05) is 54.6 Å². The second kappa shape index (κ2) is 11.1. The first kappa shape index (κ1) is 25.5. The van der Waals surface area contributed by atoms with E-state index in [2.05, 4.69) is 10.1 Å². The Kier molecular flexibility index (Phi) is 7.27. The third kappa shape index (κ3) is 4.92. The van der Waals surface area contributed by atoms with Crippen molar-refractivity contribution in [3.63, 3.8) is 0 Å². The van der Waals surface area contributed by atoms with Gasteiger partial charge in [0.1, 0.15) is 11.4 Å². The van der Waals surface area contributed by atoms with E-state index in [1.165, 1.54) is 0 Å². The lowest BCUT2D eigenvalue weighted by molar-refractivity contribution is 0.0519. The minimum absolute atomic E-state index is 0.322. The molecule has 1 aromatic heterocycles. The first-order valence-electron chi connectivity index (χ1n) is 12.1. The summed E-state index contributed by atoms with van der Waals surface area (Å²) in [5.41, 5.74) is 1.81. The minimum Gasteiger partial charge on any atom is -0.493 e. The molecule has 4 aromatic carbocycles. The summed E-state index contributed by atoms with van der Waals surface area (Å²) in [6.45, 7) is 0. The van der Waals surface area contributed by atoms with Gasteiger partial charge in [0, 0.05) is 17.1 Å². The number of rotatable bonds is 8. The maximum Gasteiger partial charge on any atom is 0.366 e. The highest BCUT2D eigenvalue weighted by atomic mass is 16.7. The van der Waals surface area contributed by atoms with Gasteiger partial charge in [-0.2, -0.15) is 0 Å². The summed E-state index contributed by atoms with van der Waals surface area (Å²) in [7, 11) is 6.25. The Hall–Kier alpha value is -5.11. The molecule has 0 aliphatic heterocycles. The Labute approximate surface area is 225 Å². The van der Waals surface area contributed by atoms with Crippen molar-refractivity contribution in [2.24, 2.45) is 5.16 Å². The molecule has 0 spiro atoms. The van der Waals surface area contributed by atoms with E-state index in [-0.39, 0.29) is 0 Å². The zero-order valence-electron chi connectivity index (χ0n) is 21.9. The fraction of sp³-hybridized carbons (Fsp3) is 0.129. The Morgan fingerprint density at radius 2 is 1.36 bits per heavy atom. The molecule has 196 valence electrons. The number of oxime groups is 1. The quantitative estimate of drug-likeness (QED) is 0.140. The molecule has 0 saturated heterocycles. The van der Waals surface area contributed by atoms with E-state index in [9.17, 15) is 4.79 Å². The van der Waals surface area contributed by atoms with Crippen LogP contribution in [0.4, 0.5) is 0 Å². The van der Waals surface area contributed by atoms with Crippen LogP contribution in [-0.4, -0.2) is 45.1 Å². The number of nitrogens with zero attached hydrogens (tertiary/aromatic N) is 2. The van der Waals surface area contributed by atoms with Gasteiger partial charge in [-0.25, -0.2) is 4.79 Å². The Balaban J connectivity index is 1.67. The molecule has 0 amide bonds. The molecule has 0 radical (unpaired) electrons. The highest BCUT2D eigenvalue weighted by molar-refractivity contribution is 6.18. The van der Waals surface area contributed by atoms with Crippen molar-refractivity contribution in [3.05, 3.63) is 102 Å². The maximum absolute atomic E-state index is 13.3. The molecule has 8 heteroatoms. The average molecular weight is 523 g/mol. The van der Waals surface area contributed by atoms with Crippen LogP contribution >= 0.6 is 0 Å². The number of hydrogen-bond donors (Lipinski definition) is 0. The predicted molar refractivity (Wildman–Crippen MR) is 149 cm³/mol. The minimum atomic E-state index is -0.593. The summed E-state index contributed by atoms with van der Waals surface area (Å²) in [5.74, 6) is 1.55. The third-order valence-corrected chi connectivity index (χ3v) is 6.38. The van der Waals surface area contributed by atoms with Gasteiger partial charge in [-0.1, -0.05) is 41.6 Å². The molecule has 39 heavy (non-hydrogen) atoms. The van der Waals surface area contributed by atoms with Crippen molar-refractivity contribution >= 4 is 33.2 Å². The fourth-order valence-electron chi connectivity index (χ4n) is 4.44. The Morgan fingerprint density at radius 3 is 2.13 bits per heavy atom. The number of carbonyl (C=O) groups excluding carboxylic acids is 1. The molecule has 5 rings (SSSR count). The van der Waals surface area contributed by atoms with Crippen LogP contribution in [-0.2, 0) is 4.84 Å². The van der Waals surface area contributed by atoms with Gasteiger partial charge in [0.05, 0.1) is 34.0 Å². The number of fused-ring (bicyclic) bond motifs is 2. The zero-order valence-corrected chi connectivity index (χ0v) is 21.9. The number of benzene rings is 4. The number of methoxy groups -OCH3 is 4. The summed E-state index contributed by atoms with van der Waals surface area (Å²) in [6.07, 6.45) is 1.66. The van der Waals surface area contributed by atoms with Crippen molar-refractivity contribution in [1.29, 1.82) is 0 Å². The van der Waals surface area contributed by atoms with Gasteiger partial charge in [0.2, 0.25) is 0 Å². The average Bonchev–Trinajstić information content (AvgIpc) is 2.99. The van der Waals surface area contributed by atoms with Crippen molar-refractivity contribution in [3.8, 4) is 23.0 Å². The SMILES string of the molecule is COc1ccc(/C(=N\OC(=O)c2cccc3ccccc23)c2nccc3cc(OC)c(OC)cc23)cc1OC. The topological polar surface area (TPSA) is 88.5 Å². The highest BCUT2D eigenvalue weighted by Crippen LogP contribution is 2.35. The third-order valence-electron chi connectivity index (χ3n) is 6.38. The van der Waals surface area contributed by atoms with Crippen LogP contribution in [0.3, 0.4) is 0 Å². The molecule has 1 heterocycles. The van der Waals surface area contributed by atoms with Crippen LogP contribution < -0.4 is 18.9 Å². The van der Waals surface area contributed by atoms with Crippen molar-refractivity contribution in [2.75, 3.05) is 28.4 Å². The van der Waals surface area contributed by atoms with E-state index in [0.29, 0.717) is 45.5 Å². The zero-order chi connectivity index (χ0) is 27.4. The lowest BCUT2D eigenvalue weighted by atomic mass is 10.0. The number of pyridine rings is 1. The van der Waals surface area contributed by atoms with Crippen molar-refractivity contribution in [2.45, 2.75) is 0 Å². The predicted octanol–water partition coefficient (Wildman–Crippen LogP) is 6.03. The van der Waals surface area contributed by atoms with E-state index in [4.69, 9.17) is 23.8 Å². The van der Waals surface area contributed by atoms with Crippen LogP contribution in [0.2, 0.25) is 0 Å². The first-order chi connectivity index (χ1) is 19.1. The standard InChI is InChI=1S/C31H26N2O6/c1-35-25-13-12-21(17-26(25)36-2)29(30-24-18-28(38-4)27(37-3)16-20(24)14-15-32-30)33-39-31(34)23-11-7-9-19-8-5-6-10-22(19)23/h5-18H,1-4H3/b33-29+. The Bertz CT molecular complexity index is 1710. The smallest absolute Gasteiger partial charge is 0.366 e. The summed E-state index contributed by atoms with van der Waals surface area (Å²) in [6, 6.07) is 23.9. The summed E-state index contributed by atoms with van der Waals surface area (Å²) in [5, 5.41) is 7.62. The molecule has 0 aliphatic carbocycles. The second-order valence-electron chi connectivity index (χ2n) is 8.50. The first-order valence-corrected chi connectivity index (χ1v) is 12.1. The van der Waals surface area contributed by atoms with Gasteiger partial charge >= 0.3 is 5.97 Å². The molecule has 0 unspecified atom stereocenters. The molecular formula is C31H26N2O6. The number of hydrogen-bond acceptors (Lipinski definition) is 8.